The van der Waals surface area contributed by atoms with Crippen molar-refractivity contribution in [3.8, 4) is 16.9 Å². The summed E-state index contributed by atoms with van der Waals surface area (Å²) in [6, 6.07) is 3.00. The molecule has 0 saturated heterocycles. The van der Waals surface area contributed by atoms with Crippen LogP contribution >= 0.6 is 11.6 Å². The number of hydrogen-bond donors (Lipinski definition) is 1. The van der Waals surface area contributed by atoms with Crippen molar-refractivity contribution in [3.05, 3.63) is 47.1 Å². The van der Waals surface area contributed by atoms with Gasteiger partial charge in [0.25, 0.3) is 5.91 Å². The Kier molecular flexibility index (Phi) is 3.58. The predicted octanol–water partition coefficient (Wildman–Crippen LogP) is 4.14. The molecule has 1 amide bonds. The largest absolute Gasteiger partial charge is 0.481 e. The monoisotopic (exact) mass is 385 g/mol. The first-order valence-electron chi connectivity index (χ1n) is 7.25. The number of carbonyl (C=O) groups excluding carboxylic acids is 1. The molecule has 0 saturated carbocycles. The molecule has 1 N–H and O–H groups in total. The number of imidazole rings is 1. The summed E-state index contributed by atoms with van der Waals surface area (Å²) in [5.41, 5.74) is -1.13. The van der Waals surface area contributed by atoms with Gasteiger partial charge < -0.3 is 10.1 Å². The molecule has 3 heterocycles. The number of carbonyl (C=O) groups is 1. The molecule has 0 spiro atoms. The van der Waals surface area contributed by atoms with Crippen molar-refractivity contribution in [2.45, 2.75) is 6.18 Å². The predicted molar refractivity (Wildman–Crippen MR) is 84.7 cm³/mol. The van der Waals surface area contributed by atoms with Gasteiger partial charge in [0.05, 0.1) is 10.7 Å². The lowest BCUT2D eigenvalue weighted by Crippen LogP contribution is -2.25. The van der Waals surface area contributed by atoms with Gasteiger partial charge >= 0.3 is 6.18 Å². The van der Waals surface area contributed by atoms with E-state index in [9.17, 15) is 22.4 Å². The number of nitrogens with one attached hydrogen (secondary N) is 1. The van der Waals surface area contributed by atoms with Crippen molar-refractivity contribution in [2.75, 3.05) is 11.9 Å². The lowest BCUT2D eigenvalue weighted by Gasteiger charge is -2.20. The average molecular weight is 386 g/mol. The molecule has 1 aromatic carbocycles. The first kappa shape index (κ1) is 16.6. The van der Waals surface area contributed by atoms with E-state index < -0.39 is 23.6 Å². The van der Waals surface area contributed by atoms with Gasteiger partial charge in [-0.2, -0.15) is 13.2 Å². The molecule has 0 radical (unpaired) electrons. The summed E-state index contributed by atoms with van der Waals surface area (Å²) in [7, 11) is 0. The van der Waals surface area contributed by atoms with E-state index in [-0.39, 0.29) is 39.8 Å². The molecule has 0 fully saturated rings. The molecule has 26 heavy (non-hydrogen) atoms. The number of amides is 1. The van der Waals surface area contributed by atoms with Crippen molar-refractivity contribution in [1.29, 1.82) is 0 Å². The van der Waals surface area contributed by atoms with E-state index in [0.717, 1.165) is 22.9 Å². The number of nitrogens with zero attached hydrogens (tertiary/aromatic N) is 2. The number of alkyl halides is 3. The Labute approximate surface area is 148 Å². The minimum absolute atomic E-state index is 0.0233. The summed E-state index contributed by atoms with van der Waals surface area (Å²) in [5, 5.41) is 2.19. The molecule has 0 aliphatic carbocycles. The Balaban J connectivity index is 1.99. The standard InChI is InChI=1S/C16H8ClF4N3O2/c17-8-4-12(16(19,20)21)24-2-1-22-15(24)14(8)7-3-10-11(5-9(7)18)26-6-13(25)23-10/h1-5H,6H2,(H,23,25). The normalized spacial score (nSPS) is 14.1. The van der Waals surface area contributed by atoms with E-state index in [4.69, 9.17) is 16.3 Å². The second-order valence-electron chi connectivity index (χ2n) is 5.54. The molecule has 1 aliphatic heterocycles. The van der Waals surface area contributed by atoms with E-state index in [1.165, 1.54) is 6.07 Å². The fraction of sp³-hybridized carbons (Fsp3) is 0.125. The highest BCUT2D eigenvalue weighted by Gasteiger charge is 2.35. The first-order chi connectivity index (χ1) is 12.3. The highest BCUT2D eigenvalue weighted by atomic mass is 35.5. The number of halogens is 5. The number of anilines is 1. The third kappa shape index (κ3) is 2.55. The summed E-state index contributed by atoms with van der Waals surface area (Å²) in [5.74, 6) is -1.08. The van der Waals surface area contributed by atoms with Gasteiger partial charge in [-0.15, -0.1) is 0 Å². The fourth-order valence-corrected chi connectivity index (χ4v) is 3.10. The zero-order chi connectivity index (χ0) is 18.6. The van der Waals surface area contributed by atoms with Gasteiger partial charge in [0.2, 0.25) is 0 Å². The molecular weight excluding hydrogens is 378 g/mol. The van der Waals surface area contributed by atoms with E-state index in [2.05, 4.69) is 10.3 Å². The second kappa shape index (κ2) is 5.60. The third-order valence-electron chi connectivity index (χ3n) is 3.89. The van der Waals surface area contributed by atoms with Gasteiger partial charge in [-0.05, 0) is 12.1 Å². The lowest BCUT2D eigenvalue weighted by atomic mass is 10.0. The zero-order valence-corrected chi connectivity index (χ0v) is 13.5. The number of aromatic nitrogens is 2. The van der Waals surface area contributed by atoms with Crippen molar-refractivity contribution in [1.82, 2.24) is 9.38 Å². The first-order valence-corrected chi connectivity index (χ1v) is 7.63. The molecule has 2 aromatic heterocycles. The number of rotatable bonds is 1. The second-order valence-corrected chi connectivity index (χ2v) is 5.94. The lowest BCUT2D eigenvalue weighted by molar-refractivity contribution is -0.142. The summed E-state index contributed by atoms with van der Waals surface area (Å²) in [4.78, 5) is 15.3. The van der Waals surface area contributed by atoms with Crippen LogP contribution in [0.2, 0.25) is 5.02 Å². The Morgan fingerprint density at radius 3 is 2.77 bits per heavy atom. The number of pyridine rings is 1. The van der Waals surface area contributed by atoms with Crippen LogP contribution in [-0.4, -0.2) is 21.9 Å². The Morgan fingerprint density at radius 2 is 2.04 bits per heavy atom. The molecule has 134 valence electrons. The van der Waals surface area contributed by atoms with Crippen LogP contribution in [-0.2, 0) is 11.0 Å². The maximum absolute atomic E-state index is 14.6. The molecule has 10 heteroatoms. The van der Waals surface area contributed by atoms with Crippen molar-refractivity contribution in [3.63, 3.8) is 0 Å². The highest BCUT2D eigenvalue weighted by molar-refractivity contribution is 6.34. The van der Waals surface area contributed by atoms with Gasteiger partial charge in [0.1, 0.15) is 22.9 Å². The SMILES string of the molecule is O=C1COc2cc(F)c(-c3c(Cl)cc(C(F)(F)F)n4ccnc34)cc2N1. The number of benzene rings is 1. The van der Waals surface area contributed by atoms with Crippen LogP contribution in [0.1, 0.15) is 5.69 Å². The van der Waals surface area contributed by atoms with E-state index in [0.29, 0.717) is 6.07 Å². The zero-order valence-electron chi connectivity index (χ0n) is 12.7. The van der Waals surface area contributed by atoms with Crippen LogP contribution in [0.4, 0.5) is 23.2 Å². The van der Waals surface area contributed by atoms with Crippen molar-refractivity contribution in [2.24, 2.45) is 0 Å². The minimum Gasteiger partial charge on any atom is -0.481 e. The summed E-state index contributed by atoms with van der Waals surface area (Å²) >= 11 is 6.05. The molecule has 3 aromatic rings. The number of ether oxygens (including phenoxy) is 1. The molecular formula is C16H8ClF4N3O2. The topological polar surface area (TPSA) is 55.6 Å². The third-order valence-corrected chi connectivity index (χ3v) is 4.19. The average Bonchev–Trinajstić information content (AvgIpc) is 3.02. The smallest absolute Gasteiger partial charge is 0.431 e. The molecule has 0 bridgehead atoms. The van der Waals surface area contributed by atoms with Gasteiger partial charge in [0.15, 0.2) is 6.61 Å². The molecule has 0 atom stereocenters. The Hall–Kier alpha value is -2.81. The maximum Gasteiger partial charge on any atom is 0.431 e. The molecule has 0 unspecified atom stereocenters. The number of hydrogen-bond acceptors (Lipinski definition) is 3. The van der Waals surface area contributed by atoms with Gasteiger partial charge in [-0.25, -0.2) is 9.37 Å². The maximum atomic E-state index is 14.6. The van der Waals surface area contributed by atoms with Crippen LogP contribution in [0.25, 0.3) is 16.8 Å². The Bertz CT molecular complexity index is 1060. The van der Waals surface area contributed by atoms with Crippen molar-refractivity contribution < 1.29 is 27.1 Å². The van der Waals surface area contributed by atoms with E-state index in [1.54, 1.807) is 0 Å². The fourth-order valence-electron chi connectivity index (χ4n) is 2.81. The van der Waals surface area contributed by atoms with Crippen LogP contribution in [0.15, 0.2) is 30.6 Å². The summed E-state index contributed by atoms with van der Waals surface area (Å²) in [6.45, 7) is -0.253. The van der Waals surface area contributed by atoms with Crippen molar-refractivity contribution >= 4 is 28.8 Å². The molecule has 1 aliphatic rings. The molecule has 5 nitrogen and oxygen atoms in total. The van der Waals surface area contributed by atoms with Crippen LogP contribution in [0.5, 0.6) is 5.75 Å². The highest BCUT2D eigenvalue weighted by Crippen LogP contribution is 2.42. The van der Waals surface area contributed by atoms with Gasteiger partial charge in [-0.1, -0.05) is 11.6 Å². The van der Waals surface area contributed by atoms with Gasteiger partial charge in [-0.3, -0.25) is 9.20 Å². The van der Waals surface area contributed by atoms with Crippen LogP contribution < -0.4 is 10.1 Å². The number of fused-ring (bicyclic) bond motifs is 2. The minimum atomic E-state index is -4.67. The Morgan fingerprint density at radius 1 is 1.27 bits per heavy atom. The summed E-state index contributed by atoms with van der Waals surface area (Å²) in [6.07, 6.45) is -2.40. The van der Waals surface area contributed by atoms with Crippen LogP contribution in [0.3, 0.4) is 0 Å². The summed E-state index contributed by atoms with van der Waals surface area (Å²) < 4.78 is 60.1. The van der Waals surface area contributed by atoms with E-state index in [1.807, 2.05) is 0 Å². The van der Waals surface area contributed by atoms with Gasteiger partial charge in [0, 0.05) is 29.6 Å². The van der Waals surface area contributed by atoms with E-state index >= 15 is 0 Å². The quantitative estimate of drug-likeness (QED) is 0.640. The van der Waals surface area contributed by atoms with Crippen LogP contribution in [0, 0.1) is 5.82 Å². The molecule has 4 rings (SSSR count).